The second-order valence-electron chi connectivity index (χ2n) is 12.7. The van der Waals surface area contributed by atoms with E-state index in [1.807, 2.05) is 18.2 Å². The molecule has 4 aliphatic carbocycles. The van der Waals surface area contributed by atoms with E-state index >= 15 is 0 Å². The van der Waals surface area contributed by atoms with Gasteiger partial charge in [-0.05, 0) is 104 Å². The van der Waals surface area contributed by atoms with E-state index in [1.54, 1.807) is 7.11 Å². The highest BCUT2D eigenvalue weighted by atomic mass is 16.5. The van der Waals surface area contributed by atoms with Gasteiger partial charge in [-0.1, -0.05) is 33.3 Å². The van der Waals surface area contributed by atoms with Crippen LogP contribution < -0.4 is 21.3 Å². The first-order valence-corrected chi connectivity index (χ1v) is 13.7. The van der Waals surface area contributed by atoms with Gasteiger partial charge < -0.3 is 15.5 Å². The fourth-order valence-electron chi connectivity index (χ4n) is 9.33. The molecule has 0 aliphatic heterocycles. The van der Waals surface area contributed by atoms with Crippen molar-refractivity contribution in [3.63, 3.8) is 0 Å². The summed E-state index contributed by atoms with van der Waals surface area (Å²) in [6.07, 6.45) is 11.7. The molecule has 0 radical (unpaired) electrons. The minimum Gasteiger partial charge on any atom is -0.495 e. The molecule has 5 nitrogen and oxygen atoms in total. The highest BCUT2D eigenvalue weighted by Crippen LogP contribution is 2.67. The van der Waals surface area contributed by atoms with Crippen molar-refractivity contribution >= 4 is 17.2 Å². The Hall–Kier alpha value is -1.75. The zero-order chi connectivity index (χ0) is 24.3. The number of nitrogen functional groups attached to an aromatic ring is 1. The van der Waals surface area contributed by atoms with Crippen LogP contribution in [0.4, 0.5) is 11.4 Å². The fourth-order valence-corrected chi connectivity index (χ4v) is 9.33. The molecule has 8 unspecified atom stereocenters. The van der Waals surface area contributed by atoms with Crippen LogP contribution in [0.1, 0.15) is 78.6 Å². The third-order valence-corrected chi connectivity index (χ3v) is 11.2. The first-order chi connectivity index (χ1) is 16.2. The summed E-state index contributed by atoms with van der Waals surface area (Å²) >= 11 is 0. The van der Waals surface area contributed by atoms with Crippen molar-refractivity contribution in [3.05, 3.63) is 18.2 Å². The lowest BCUT2D eigenvalue weighted by Gasteiger charge is -2.61. The third-order valence-electron chi connectivity index (χ3n) is 11.2. The molecular weight excluding hydrogens is 422 g/mol. The molecule has 34 heavy (non-hydrogen) atoms. The Morgan fingerprint density at radius 1 is 1.06 bits per heavy atom. The maximum Gasteiger partial charge on any atom is 0.157 e. The average Bonchev–Trinajstić information content (AvgIpc) is 3.17. The molecule has 4 N–H and O–H groups in total. The largest absolute Gasteiger partial charge is 0.495 e. The molecule has 0 spiro atoms. The van der Waals surface area contributed by atoms with Gasteiger partial charge >= 0.3 is 0 Å². The van der Waals surface area contributed by atoms with Gasteiger partial charge in [-0.15, -0.1) is 0 Å². The number of ketones is 1. The summed E-state index contributed by atoms with van der Waals surface area (Å²) < 4.78 is 5.34. The molecule has 0 aromatic heterocycles. The summed E-state index contributed by atoms with van der Waals surface area (Å²) in [5.74, 6) is 11.5. The smallest absolute Gasteiger partial charge is 0.157 e. The van der Waals surface area contributed by atoms with E-state index in [0.717, 1.165) is 30.1 Å². The molecule has 4 fully saturated rings. The molecule has 5 heteroatoms. The molecule has 1 aromatic rings. The van der Waals surface area contributed by atoms with Crippen LogP contribution in [0, 0.1) is 46.3 Å². The first-order valence-electron chi connectivity index (χ1n) is 13.7. The van der Waals surface area contributed by atoms with Crippen LogP contribution in [-0.4, -0.2) is 19.4 Å². The zero-order valence-electron chi connectivity index (χ0n) is 21.7. The molecule has 0 heterocycles. The maximum absolute atomic E-state index is 13.6. The van der Waals surface area contributed by atoms with E-state index in [-0.39, 0.29) is 23.7 Å². The van der Waals surface area contributed by atoms with E-state index in [9.17, 15) is 4.79 Å². The van der Waals surface area contributed by atoms with Crippen molar-refractivity contribution in [2.75, 3.05) is 24.4 Å². The summed E-state index contributed by atoms with van der Waals surface area (Å²) in [7, 11) is 1.60. The monoisotopic (exact) mass is 467 g/mol. The second-order valence-corrected chi connectivity index (χ2v) is 12.7. The Morgan fingerprint density at radius 3 is 2.56 bits per heavy atom. The average molecular weight is 468 g/mol. The number of Topliss-reactive ketones (excluding diaryl/α,β-unsaturated/α-hetero) is 1. The van der Waals surface area contributed by atoms with Gasteiger partial charge in [0.2, 0.25) is 0 Å². The normalized spacial score (nSPS) is 41.2. The van der Waals surface area contributed by atoms with E-state index in [4.69, 9.17) is 16.3 Å². The third kappa shape index (κ3) is 3.65. The van der Waals surface area contributed by atoms with Crippen LogP contribution in [0.3, 0.4) is 0 Å². The fraction of sp³-hybridized carbons (Fsp3) is 0.759. The van der Waals surface area contributed by atoms with E-state index < -0.39 is 0 Å². The van der Waals surface area contributed by atoms with Crippen molar-refractivity contribution in [2.45, 2.75) is 78.6 Å². The molecule has 5 rings (SSSR count). The number of hydrogen-bond donors (Lipinski definition) is 2. The van der Waals surface area contributed by atoms with Crippen LogP contribution >= 0.6 is 0 Å². The number of rotatable bonds is 5. The van der Waals surface area contributed by atoms with Gasteiger partial charge in [0, 0.05) is 5.92 Å². The van der Waals surface area contributed by atoms with Gasteiger partial charge in [-0.25, -0.2) is 5.84 Å². The van der Waals surface area contributed by atoms with Gasteiger partial charge in [-0.2, -0.15) is 0 Å². The van der Waals surface area contributed by atoms with E-state index in [2.05, 4.69) is 20.8 Å². The first kappa shape index (κ1) is 24.0. The number of anilines is 2. The highest BCUT2D eigenvalue weighted by molar-refractivity contribution is 5.88. The van der Waals surface area contributed by atoms with Gasteiger partial charge in [0.15, 0.2) is 5.78 Å². The molecule has 0 amide bonds. The predicted octanol–water partition coefficient (Wildman–Crippen LogP) is 5.82. The number of hydrogen-bond acceptors (Lipinski definition) is 5. The SMILES string of the molecule is COc1cccc(N(N)CC(=O)C2CCC3C4CCC5CC(C)CCC5(C)C4CCC23C)c1N. The van der Waals surface area contributed by atoms with Crippen LogP contribution in [0.25, 0.3) is 0 Å². The van der Waals surface area contributed by atoms with Gasteiger partial charge in [0.1, 0.15) is 5.75 Å². The number of methoxy groups -OCH3 is 1. The maximum atomic E-state index is 13.6. The minimum atomic E-state index is 0.105. The minimum absolute atomic E-state index is 0.105. The topological polar surface area (TPSA) is 81.6 Å². The molecule has 0 bridgehead atoms. The van der Waals surface area contributed by atoms with Crippen molar-refractivity contribution in [2.24, 2.45) is 52.2 Å². The Bertz CT molecular complexity index is 934. The molecule has 4 saturated carbocycles. The van der Waals surface area contributed by atoms with E-state index in [0.29, 0.717) is 28.5 Å². The molecule has 188 valence electrons. The summed E-state index contributed by atoms with van der Waals surface area (Å²) in [5.41, 5.74) is 8.04. The van der Waals surface area contributed by atoms with Crippen molar-refractivity contribution in [1.82, 2.24) is 0 Å². The number of carbonyl (C=O) groups is 1. The van der Waals surface area contributed by atoms with Crippen LogP contribution in [0.15, 0.2) is 18.2 Å². The van der Waals surface area contributed by atoms with Crippen molar-refractivity contribution in [3.8, 4) is 5.75 Å². The Balaban J connectivity index is 1.31. The Morgan fingerprint density at radius 2 is 1.79 bits per heavy atom. The summed E-state index contributed by atoms with van der Waals surface area (Å²) in [5, 5.41) is 1.53. The lowest BCUT2D eigenvalue weighted by atomic mass is 9.44. The molecule has 1 aromatic carbocycles. The van der Waals surface area contributed by atoms with Crippen LogP contribution in [0.2, 0.25) is 0 Å². The number of fused-ring (bicyclic) bond motifs is 5. The standard InChI is InChI=1S/C29H45N3O2/c1-18-12-14-28(2)19(16-18)8-9-20-21-10-11-23(29(21,3)15-13-22(20)28)25(33)17-32(31)24-6-5-7-26(34-4)27(24)30/h5-7,18-23H,8-17,30-31H2,1-4H3. The summed E-state index contributed by atoms with van der Waals surface area (Å²) in [6, 6.07) is 5.55. The highest BCUT2D eigenvalue weighted by Gasteiger charge is 2.61. The molecule has 0 saturated heterocycles. The summed E-state index contributed by atoms with van der Waals surface area (Å²) in [4.78, 5) is 13.6. The van der Waals surface area contributed by atoms with Gasteiger partial charge in [0.05, 0.1) is 25.0 Å². The number of hydrazine groups is 1. The van der Waals surface area contributed by atoms with Crippen LogP contribution in [-0.2, 0) is 4.79 Å². The number of nitrogens with zero attached hydrogens (tertiary/aromatic N) is 1. The van der Waals surface area contributed by atoms with E-state index in [1.165, 1.54) is 56.4 Å². The summed E-state index contributed by atoms with van der Waals surface area (Å²) in [6.45, 7) is 7.72. The predicted molar refractivity (Wildman–Crippen MR) is 138 cm³/mol. The lowest BCUT2D eigenvalue weighted by Crippen LogP contribution is -2.54. The van der Waals surface area contributed by atoms with Crippen molar-refractivity contribution in [1.29, 1.82) is 0 Å². The second kappa shape index (κ2) is 8.72. The quantitative estimate of drug-likeness (QED) is 0.324. The number of ether oxygens (including phenoxy) is 1. The molecule has 8 atom stereocenters. The Kier molecular flexibility index (Phi) is 6.15. The zero-order valence-corrected chi connectivity index (χ0v) is 21.7. The lowest BCUT2D eigenvalue weighted by molar-refractivity contribution is -0.135. The number of nitrogens with two attached hydrogens (primary N) is 2. The van der Waals surface area contributed by atoms with Crippen LogP contribution in [0.5, 0.6) is 5.75 Å². The van der Waals surface area contributed by atoms with Gasteiger partial charge in [0.25, 0.3) is 0 Å². The number of para-hydroxylation sites is 1. The van der Waals surface area contributed by atoms with Crippen molar-refractivity contribution < 1.29 is 9.53 Å². The number of carbonyl (C=O) groups excluding carboxylic acids is 1. The molecular formula is C29H45N3O2. The number of benzene rings is 1. The Labute approximate surface area is 205 Å². The molecule has 4 aliphatic rings. The van der Waals surface area contributed by atoms with Gasteiger partial charge in [-0.3, -0.25) is 4.79 Å².